The molecule has 1 aliphatic rings. The molecule has 0 aromatic rings. The Labute approximate surface area is 97.5 Å². The first-order valence-electron chi connectivity index (χ1n) is 5.64. The topological polar surface area (TPSA) is 77.2 Å². The minimum Gasteiger partial charge on any atom is -0.319 e. The third-order valence-electron chi connectivity index (χ3n) is 3.24. The number of hydrogen-bond donors (Lipinski definition) is 1. The second-order valence-electron chi connectivity index (χ2n) is 5.40. The van der Waals surface area contributed by atoms with Crippen LogP contribution >= 0.6 is 0 Å². The summed E-state index contributed by atoms with van der Waals surface area (Å²) < 4.78 is 22.9. The van der Waals surface area contributed by atoms with Gasteiger partial charge in [-0.3, -0.25) is 4.79 Å². The molecule has 0 heterocycles. The van der Waals surface area contributed by atoms with Gasteiger partial charge in [0.25, 0.3) is 0 Å². The van der Waals surface area contributed by atoms with E-state index in [0.29, 0.717) is 12.8 Å². The lowest BCUT2D eigenvalue weighted by Gasteiger charge is -2.31. The molecule has 0 aliphatic heterocycles. The van der Waals surface area contributed by atoms with Crippen LogP contribution in [0.25, 0.3) is 0 Å². The van der Waals surface area contributed by atoms with E-state index in [9.17, 15) is 13.2 Å². The maximum absolute atomic E-state index is 12.0. The van der Waals surface area contributed by atoms with Crippen molar-refractivity contribution < 1.29 is 13.2 Å². The molecule has 1 aliphatic carbocycles. The number of carbonyl (C=O) groups excluding carboxylic acids is 1. The molecular weight excluding hydrogens is 226 g/mol. The molecule has 0 aromatic heterocycles. The zero-order chi connectivity index (χ0) is 12.6. The predicted molar refractivity (Wildman–Crippen MR) is 63.9 cm³/mol. The van der Waals surface area contributed by atoms with Gasteiger partial charge in [-0.15, -0.1) is 0 Å². The summed E-state index contributed by atoms with van der Waals surface area (Å²) in [5, 5.41) is -0.363. The molecule has 0 aromatic carbocycles. The monoisotopic (exact) mass is 247 g/mol. The van der Waals surface area contributed by atoms with Crippen LogP contribution in [0.2, 0.25) is 0 Å². The number of nitrogens with two attached hydrogens (primary N) is 1. The zero-order valence-electron chi connectivity index (χ0n) is 10.2. The average Bonchev–Trinajstić information content (AvgIpc) is 2.14. The quantitative estimate of drug-likeness (QED) is 0.803. The number of carbonyl (C=O) groups is 1. The first-order chi connectivity index (χ1) is 7.12. The molecule has 2 atom stereocenters. The summed E-state index contributed by atoms with van der Waals surface area (Å²) in [6.45, 7) is 3.36. The summed E-state index contributed by atoms with van der Waals surface area (Å²) in [4.78, 5) is 12.0. The lowest BCUT2D eigenvalue weighted by atomic mass is 9.80. The van der Waals surface area contributed by atoms with Crippen molar-refractivity contribution in [3.8, 4) is 0 Å². The highest BCUT2D eigenvalue weighted by molar-refractivity contribution is 7.91. The van der Waals surface area contributed by atoms with Crippen LogP contribution in [0.15, 0.2) is 0 Å². The Hall–Kier alpha value is -0.420. The molecule has 0 radical (unpaired) electrons. The molecule has 16 heavy (non-hydrogen) atoms. The first-order valence-corrected chi connectivity index (χ1v) is 7.60. The van der Waals surface area contributed by atoms with Crippen LogP contribution < -0.4 is 5.73 Å². The lowest BCUT2D eigenvalue weighted by Crippen LogP contribution is -2.47. The molecule has 2 unspecified atom stereocenters. The molecular formula is C11H21NO3S. The standard InChI is InChI=1S/C11H21NO3S/c1-11(2,12)10(13)8-5-4-6-9(7-8)16(3,14)15/h8-9H,4-7,12H2,1-3H3. The zero-order valence-corrected chi connectivity index (χ0v) is 11.0. The highest BCUT2D eigenvalue weighted by Gasteiger charge is 2.36. The highest BCUT2D eigenvalue weighted by atomic mass is 32.2. The largest absolute Gasteiger partial charge is 0.319 e. The summed E-state index contributed by atoms with van der Waals surface area (Å²) in [6, 6.07) is 0. The third-order valence-corrected chi connectivity index (χ3v) is 4.88. The molecule has 1 saturated carbocycles. The van der Waals surface area contributed by atoms with E-state index in [1.165, 1.54) is 6.26 Å². The van der Waals surface area contributed by atoms with Gasteiger partial charge >= 0.3 is 0 Å². The molecule has 1 rings (SSSR count). The molecule has 0 amide bonds. The van der Waals surface area contributed by atoms with Gasteiger partial charge in [0, 0.05) is 12.2 Å². The van der Waals surface area contributed by atoms with Crippen LogP contribution in [0.4, 0.5) is 0 Å². The molecule has 2 N–H and O–H groups in total. The van der Waals surface area contributed by atoms with E-state index in [1.54, 1.807) is 13.8 Å². The first kappa shape index (κ1) is 13.6. The van der Waals surface area contributed by atoms with Crippen molar-refractivity contribution in [3.05, 3.63) is 0 Å². The van der Waals surface area contributed by atoms with E-state index < -0.39 is 15.4 Å². The molecule has 0 saturated heterocycles. The van der Waals surface area contributed by atoms with E-state index in [2.05, 4.69) is 0 Å². The van der Waals surface area contributed by atoms with E-state index in [0.717, 1.165) is 12.8 Å². The van der Waals surface area contributed by atoms with Crippen molar-refractivity contribution in [2.45, 2.75) is 50.3 Å². The summed E-state index contributed by atoms with van der Waals surface area (Å²) in [5.74, 6) is -0.200. The maximum Gasteiger partial charge on any atom is 0.155 e. The van der Waals surface area contributed by atoms with Crippen LogP contribution in [-0.2, 0) is 14.6 Å². The third kappa shape index (κ3) is 3.28. The minimum atomic E-state index is -3.03. The Balaban J connectivity index is 2.76. The van der Waals surface area contributed by atoms with E-state index in [-0.39, 0.29) is 17.0 Å². The Morgan fingerprint density at radius 2 is 1.88 bits per heavy atom. The molecule has 0 spiro atoms. The fraction of sp³-hybridized carbons (Fsp3) is 0.909. The van der Waals surface area contributed by atoms with E-state index >= 15 is 0 Å². The van der Waals surface area contributed by atoms with E-state index in [1.807, 2.05) is 0 Å². The van der Waals surface area contributed by atoms with Crippen molar-refractivity contribution in [2.75, 3.05) is 6.26 Å². The van der Waals surface area contributed by atoms with Crippen molar-refractivity contribution in [1.29, 1.82) is 0 Å². The van der Waals surface area contributed by atoms with Gasteiger partial charge in [-0.25, -0.2) is 8.42 Å². The van der Waals surface area contributed by atoms with Crippen LogP contribution in [-0.4, -0.2) is 31.2 Å². The van der Waals surface area contributed by atoms with Crippen LogP contribution in [0.3, 0.4) is 0 Å². The van der Waals surface area contributed by atoms with Gasteiger partial charge in [0.15, 0.2) is 5.78 Å². The number of rotatable bonds is 3. The summed E-state index contributed by atoms with van der Waals surface area (Å²) in [5.41, 5.74) is 4.91. The van der Waals surface area contributed by atoms with Gasteiger partial charge in [0.05, 0.1) is 10.8 Å². The molecule has 0 bridgehead atoms. The van der Waals surface area contributed by atoms with Gasteiger partial charge in [0.1, 0.15) is 9.84 Å². The molecule has 4 nitrogen and oxygen atoms in total. The SMILES string of the molecule is CC(C)(N)C(=O)C1CCCC(S(C)(=O)=O)C1. The number of sulfone groups is 1. The maximum atomic E-state index is 12.0. The van der Waals surface area contributed by atoms with Crippen LogP contribution in [0.5, 0.6) is 0 Å². The van der Waals surface area contributed by atoms with Gasteiger partial charge < -0.3 is 5.73 Å². The number of hydrogen-bond acceptors (Lipinski definition) is 4. The number of Topliss-reactive ketones (excluding diaryl/α,β-unsaturated/α-hetero) is 1. The predicted octanol–water partition coefficient (Wildman–Crippen LogP) is 0.896. The summed E-state index contributed by atoms with van der Waals surface area (Å²) in [6.07, 6.45) is 3.93. The average molecular weight is 247 g/mol. The summed E-state index contributed by atoms with van der Waals surface area (Å²) in [7, 11) is -3.03. The van der Waals surface area contributed by atoms with Crippen LogP contribution in [0, 0.1) is 5.92 Å². The fourth-order valence-corrected chi connectivity index (χ4v) is 3.47. The number of ketones is 1. The van der Waals surface area contributed by atoms with Gasteiger partial charge in [0.2, 0.25) is 0 Å². The van der Waals surface area contributed by atoms with E-state index in [4.69, 9.17) is 5.73 Å². The minimum absolute atomic E-state index is 0.0131. The Kier molecular flexibility index (Phi) is 3.80. The molecule has 94 valence electrons. The fourth-order valence-electron chi connectivity index (χ4n) is 2.30. The Bertz CT molecular complexity index is 367. The highest BCUT2D eigenvalue weighted by Crippen LogP contribution is 2.30. The van der Waals surface area contributed by atoms with Gasteiger partial charge in [-0.1, -0.05) is 6.42 Å². The van der Waals surface area contributed by atoms with Gasteiger partial charge in [-0.2, -0.15) is 0 Å². The molecule has 5 heteroatoms. The van der Waals surface area contributed by atoms with Crippen molar-refractivity contribution in [2.24, 2.45) is 11.7 Å². The second-order valence-corrected chi connectivity index (χ2v) is 7.73. The Morgan fingerprint density at radius 3 is 2.31 bits per heavy atom. The second kappa shape index (κ2) is 4.45. The Morgan fingerprint density at radius 1 is 1.31 bits per heavy atom. The van der Waals surface area contributed by atoms with Crippen LogP contribution in [0.1, 0.15) is 39.5 Å². The lowest BCUT2D eigenvalue weighted by molar-refractivity contribution is -0.127. The molecule has 1 fully saturated rings. The van der Waals surface area contributed by atoms with Crippen molar-refractivity contribution >= 4 is 15.6 Å². The summed E-state index contributed by atoms with van der Waals surface area (Å²) >= 11 is 0. The van der Waals surface area contributed by atoms with Crippen molar-refractivity contribution in [3.63, 3.8) is 0 Å². The smallest absolute Gasteiger partial charge is 0.155 e. The van der Waals surface area contributed by atoms with Gasteiger partial charge in [-0.05, 0) is 33.1 Å². The normalized spacial score (nSPS) is 27.8. The van der Waals surface area contributed by atoms with Crippen molar-refractivity contribution in [1.82, 2.24) is 0 Å².